The molecule has 0 spiro atoms. The van der Waals surface area contributed by atoms with Crippen molar-refractivity contribution in [3.05, 3.63) is 0 Å². The molecule has 2 fully saturated rings. The molecule has 2 heteroatoms. The number of nitrogens with two attached hydrogens (primary N) is 1. The van der Waals surface area contributed by atoms with E-state index in [1.807, 2.05) is 0 Å². The second kappa shape index (κ2) is 4.63. The Kier molecular flexibility index (Phi) is 3.45. The van der Waals surface area contributed by atoms with Gasteiger partial charge in [0.2, 0.25) is 0 Å². The highest BCUT2D eigenvalue weighted by atomic mass is 15.2. The highest BCUT2D eigenvalue weighted by Crippen LogP contribution is 2.32. The molecule has 2 saturated heterocycles. The maximum Gasteiger partial charge on any atom is 0.0250 e. The third-order valence-electron chi connectivity index (χ3n) is 4.08. The first-order chi connectivity index (χ1) is 6.81. The molecular weight excluding hydrogens is 172 g/mol. The number of nitrogens with zero attached hydrogens (tertiary/aromatic N) is 1. The van der Waals surface area contributed by atoms with Crippen LogP contribution < -0.4 is 5.73 Å². The zero-order chi connectivity index (χ0) is 9.97. The van der Waals surface area contributed by atoms with Crippen LogP contribution in [0.15, 0.2) is 0 Å². The molecule has 14 heavy (non-hydrogen) atoms. The van der Waals surface area contributed by atoms with Crippen molar-refractivity contribution in [1.29, 1.82) is 0 Å². The lowest BCUT2D eigenvalue weighted by Crippen LogP contribution is -2.45. The predicted octanol–water partition coefficient (Wildman–Crippen LogP) is 1.99. The summed E-state index contributed by atoms with van der Waals surface area (Å²) in [5.74, 6) is 0.973. The second-order valence-corrected chi connectivity index (χ2v) is 5.09. The van der Waals surface area contributed by atoms with Gasteiger partial charge in [-0.2, -0.15) is 0 Å². The summed E-state index contributed by atoms with van der Waals surface area (Å²) in [6.45, 7) is 4.86. The van der Waals surface area contributed by atoms with Gasteiger partial charge in [0, 0.05) is 18.6 Å². The normalized spacial score (nSPS) is 38.6. The fourth-order valence-corrected chi connectivity index (χ4v) is 3.11. The van der Waals surface area contributed by atoms with Crippen LogP contribution in [0.5, 0.6) is 0 Å². The second-order valence-electron chi connectivity index (χ2n) is 5.09. The van der Waals surface area contributed by atoms with Crippen LogP contribution in [0.1, 0.15) is 45.4 Å². The van der Waals surface area contributed by atoms with Gasteiger partial charge in [-0.05, 0) is 31.7 Å². The van der Waals surface area contributed by atoms with E-state index in [-0.39, 0.29) is 0 Å². The van der Waals surface area contributed by atoms with Gasteiger partial charge >= 0.3 is 0 Å². The number of hydrogen-bond donors (Lipinski definition) is 1. The number of fused-ring (bicyclic) bond motifs is 1. The molecule has 2 heterocycles. The minimum absolute atomic E-state index is 0.472. The van der Waals surface area contributed by atoms with Crippen LogP contribution in [0.4, 0.5) is 0 Å². The maximum atomic E-state index is 6.14. The fraction of sp³-hybridized carbons (Fsp3) is 1.00. The molecule has 0 saturated carbocycles. The van der Waals surface area contributed by atoms with E-state index >= 15 is 0 Å². The monoisotopic (exact) mass is 196 g/mol. The quantitative estimate of drug-likeness (QED) is 0.748. The third kappa shape index (κ3) is 2.12. The molecule has 0 aliphatic carbocycles. The smallest absolute Gasteiger partial charge is 0.0250 e. The molecule has 82 valence electrons. The van der Waals surface area contributed by atoms with Gasteiger partial charge in [-0.3, -0.25) is 4.90 Å². The van der Waals surface area contributed by atoms with Gasteiger partial charge in [0.25, 0.3) is 0 Å². The molecule has 3 atom stereocenters. The fourth-order valence-electron chi connectivity index (χ4n) is 3.11. The summed E-state index contributed by atoms with van der Waals surface area (Å²) in [5, 5.41) is 0. The number of unbranched alkanes of at least 4 members (excludes halogenated alkanes) is 1. The minimum Gasteiger partial charge on any atom is -0.326 e. The van der Waals surface area contributed by atoms with Crippen molar-refractivity contribution in [2.24, 2.45) is 11.7 Å². The molecule has 0 aromatic rings. The van der Waals surface area contributed by atoms with Gasteiger partial charge in [-0.1, -0.05) is 26.2 Å². The molecule has 2 aliphatic heterocycles. The van der Waals surface area contributed by atoms with E-state index in [0.29, 0.717) is 6.04 Å². The van der Waals surface area contributed by atoms with Crippen LogP contribution in [-0.2, 0) is 0 Å². The van der Waals surface area contributed by atoms with Gasteiger partial charge < -0.3 is 5.73 Å². The molecular formula is C12H24N2. The van der Waals surface area contributed by atoms with Crippen LogP contribution in [0.3, 0.4) is 0 Å². The zero-order valence-corrected chi connectivity index (χ0v) is 9.41. The van der Waals surface area contributed by atoms with Crippen LogP contribution in [-0.4, -0.2) is 30.1 Å². The Hall–Kier alpha value is -0.0800. The van der Waals surface area contributed by atoms with Crippen molar-refractivity contribution in [3.63, 3.8) is 0 Å². The Morgan fingerprint density at radius 2 is 2.07 bits per heavy atom. The first-order valence-corrected chi connectivity index (χ1v) is 6.31. The van der Waals surface area contributed by atoms with Gasteiger partial charge in [0.05, 0.1) is 0 Å². The lowest BCUT2D eigenvalue weighted by atomic mass is 9.86. The number of hydrogen-bond acceptors (Lipinski definition) is 2. The van der Waals surface area contributed by atoms with E-state index in [0.717, 1.165) is 12.0 Å². The molecule has 0 amide bonds. The van der Waals surface area contributed by atoms with Crippen molar-refractivity contribution in [2.45, 2.75) is 57.5 Å². The third-order valence-corrected chi connectivity index (χ3v) is 4.08. The first kappa shape index (κ1) is 10.4. The molecule has 2 rings (SSSR count). The standard InChI is InChI=1S/C12H24N2/c1-2-3-4-10-5-7-14-8-6-11(13)12(14)9-10/h10-12H,2-9,13H2,1H3/t10-,11?,12-/m1/s1. The van der Waals surface area contributed by atoms with E-state index in [4.69, 9.17) is 5.73 Å². The summed E-state index contributed by atoms with van der Waals surface area (Å²) in [6, 6.07) is 1.20. The average Bonchev–Trinajstić information content (AvgIpc) is 2.57. The van der Waals surface area contributed by atoms with Gasteiger partial charge in [0.1, 0.15) is 0 Å². The highest BCUT2D eigenvalue weighted by molar-refractivity contribution is 4.94. The highest BCUT2D eigenvalue weighted by Gasteiger charge is 2.36. The zero-order valence-electron chi connectivity index (χ0n) is 9.41. The van der Waals surface area contributed by atoms with Crippen LogP contribution in [0, 0.1) is 5.92 Å². The topological polar surface area (TPSA) is 29.3 Å². The van der Waals surface area contributed by atoms with E-state index in [9.17, 15) is 0 Å². The summed E-state index contributed by atoms with van der Waals surface area (Å²) >= 11 is 0. The van der Waals surface area contributed by atoms with Crippen molar-refractivity contribution in [3.8, 4) is 0 Å². The first-order valence-electron chi connectivity index (χ1n) is 6.31. The molecule has 0 aromatic heterocycles. The lowest BCUT2D eigenvalue weighted by Gasteiger charge is -2.36. The van der Waals surface area contributed by atoms with Crippen LogP contribution >= 0.6 is 0 Å². The van der Waals surface area contributed by atoms with E-state index < -0.39 is 0 Å². The van der Waals surface area contributed by atoms with E-state index in [1.165, 1.54) is 51.6 Å². The molecule has 0 bridgehead atoms. The maximum absolute atomic E-state index is 6.14. The predicted molar refractivity (Wildman–Crippen MR) is 60.2 cm³/mol. The van der Waals surface area contributed by atoms with Crippen molar-refractivity contribution in [2.75, 3.05) is 13.1 Å². The molecule has 1 unspecified atom stereocenters. The number of piperidine rings is 1. The summed E-state index contributed by atoms with van der Waals surface area (Å²) in [5.41, 5.74) is 6.14. The Balaban J connectivity index is 1.82. The molecule has 0 radical (unpaired) electrons. The molecule has 0 aromatic carbocycles. The lowest BCUT2D eigenvalue weighted by molar-refractivity contribution is 0.139. The summed E-state index contributed by atoms with van der Waals surface area (Å²) in [4.78, 5) is 2.62. The van der Waals surface area contributed by atoms with E-state index in [2.05, 4.69) is 11.8 Å². The van der Waals surface area contributed by atoms with E-state index in [1.54, 1.807) is 0 Å². The van der Waals surface area contributed by atoms with Crippen molar-refractivity contribution >= 4 is 0 Å². The molecule has 2 nitrogen and oxygen atoms in total. The summed E-state index contributed by atoms with van der Waals surface area (Å²) in [6.07, 6.45) is 8.21. The Morgan fingerprint density at radius 1 is 1.29 bits per heavy atom. The molecule has 2 aliphatic rings. The van der Waals surface area contributed by atoms with Gasteiger partial charge in [-0.15, -0.1) is 0 Å². The van der Waals surface area contributed by atoms with Gasteiger partial charge in [-0.25, -0.2) is 0 Å². The summed E-state index contributed by atoms with van der Waals surface area (Å²) in [7, 11) is 0. The Bertz CT molecular complexity index is 181. The van der Waals surface area contributed by atoms with Gasteiger partial charge in [0.15, 0.2) is 0 Å². The average molecular weight is 196 g/mol. The van der Waals surface area contributed by atoms with Crippen LogP contribution in [0.2, 0.25) is 0 Å². The minimum atomic E-state index is 0.472. The van der Waals surface area contributed by atoms with Crippen molar-refractivity contribution < 1.29 is 0 Å². The molecule has 2 N–H and O–H groups in total. The van der Waals surface area contributed by atoms with Crippen LogP contribution in [0.25, 0.3) is 0 Å². The largest absolute Gasteiger partial charge is 0.326 e. The SMILES string of the molecule is CCCC[C@@H]1CCN2CCC(N)[C@H]2C1. The summed E-state index contributed by atoms with van der Waals surface area (Å²) < 4.78 is 0. The van der Waals surface area contributed by atoms with Crippen molar-refractivity contribution in [1.82, 2.24) is 4.90 Å². The Labute approximate surface area is 87.8 Å². The number of rotatable bonds is 3. The Morgan fingerprint density at radius 3 is 2.86 bits per heavy atom.